The Morgan fingerprint density at radius 1 is 1.14 bits per heavy atom. The Kier molecular flexibility index (Phi) is 4.64. The van der Waals surface area contributed by atoms with Gasteiger partial charge in [-0.25, -0.2) is 0 Å². The summed E-state index contributed by atoms with van der Waals surface area (Å²) >= 11 is 0. The van der Waals surface area contributed by atoms with Gasteiger partial charge in [0.25, 0.3) is 5.91 Å². The van der Waals surface area contributed by atoms with E-state index in [1.54, 1.807) is 0 Å². The number of nitrogens with zero attached hydrogens (tertiary/aromatic N) is 3. The molecule has 2 N–H and O–H groups in total. The van der Waals surface area contributed by atoms with Crippen LogP contribution >= 0.6 is 0 Å². The molecule has 0 aliphatic carbocycles. The quantitative estimate of drug-likeness (QED) is 0.900. The number of rotatable bonds is 3. The van der Waals surface area contributed by atoms with Crippen molar-refractivity contribution in [3.05, 3.63) is 29.8 Å². The zero-order chi connectivity index (χ0) is 15.5. The molecule has 2 fully saturated rings. The first-order valence-electron chi connectivity index (χ1n) is 8.20. The molecule has 0 spiro atoms. The summed E-state index contributed by atoms with van der Waals surface area (Å²) in [7, 11) is 2.16. The third-order valence-corrected chi connectivity index (χ3v) is 4.89. The minimum Gasteiger partial charge on any atom is -0.369 e. The molecule has 0 aromatic heterocycles. The highest BCUT2D eigenvalue weighted by molar-refractivity contribution is 5.94. The fraction of sp³-hybridized carbons (Fsp3) is 0.588. The zero-order valence-corrected chi connectivity index (χ0v) is 13.4. The first kappa shape index (κ1) is 15.3. The van der Waals surface area contributed by atoms with E-state index in [-0.39, 0.29) is 5.91 Å². The molecule has 5 nitrogen and oxygen atoms in total. The fourth-order valence-electron chi connectivity index (χ4n) is 3.27. The minimum atomic E-state index is 0.140. The summed E-state index contributed by atoms with van der Waals surface area (Å²) in [6.07, 6.45) is 1.03. The van der Waals surface area contributed by atoms with Crippen LogP contribution in [0.15, 0.2) is 24.3 Å². The van der Waals surface area contributed by atoms with Crippen LogP contribution in [0.2, 0.25) is 0 Å². The van der Waals surface area contributed by atoms with E-state index < -0.39 is 0 Å². The van der Waals surface area contributed by atoms with Gasteiger partial charge in [0.15, 0.2) is 0 Å². The van der Waals surface area contributed by atoms with Crippen molar-refractivity contribution < 1.29 is 4.79 Å². The number of benzene rings is 1. The third-order valence-electron chi connectivity index (χ3n) is 4.89. The molecule has 5 heteroatoms. The number of likely N-dealkylation sites (tertiary alicyclic amines) is 1. The summed E-state index contributed by atoms with van der Waals surface area (Å²) in [5, 5.41) is 0. The fourth-order valence-corrected chi connectivity index (χ4v) is 3.27. The van der Waals surface area contributed by atoms with Crippen LogP contribution in [-0.4, -0.2) is 68.6 Å². The molecule has 1 aromatic rings. The second kappa shape index (κ2) is 6.67. The number of hydrogen-bond donors (Lipinski definition) is 1. The molecule has 1 aromatic carbocycles. The van der Waals surface area contributed by atoms with Gasteiger partial charge in [0, 0.05) is 50.5 Å². The summed E-state index contributed by atoms with van der Waals surface area (Å²) in [5.41, 5.74) is 7.70. The predicted molar refractivity (Wildman–Crippen MR) is 89.2 cm³/mol. The Bertz CT molecular complexity index is 508. The van der Waals surface area contributed by atoms with Crippen molar-refractivity contribution in [2.75, 3.05) is 57.8 Å². The van der Waals surface area contributed by atoms with Crippen LogP contribution in [0, 0.1) is 5.92 Å². The zero-order valence-electron chi connectivity index (χ0n) is 13.4. The van der Waals surface area contributed by atoms with Gasteiger partial charge in [0.05, 0.1) is 0 Å². The van der Waals surface area contributed by atoms with Crippen molar-refractivity contribution in [3.8, 4) is 0 Å². The van der Waals surface area contributed by atoms with Gasteiger partial charge in [0.2, 0.25) is 0 Å². The van der Waals surface area contributed by atoms with E-state index in [0.29, 0.717) is 12.5 Å². The van der Waals surface area contributed by atoms with E-state index in [9.17, 15) is 4.79 Å². The highest BCUT2D eigenvalue weighted by Crippen LogP contribution is 2.21. The monoisotopic (exact) mass is 302 g/mol. The largest absolute Gasteiger partial charge is 0.369 e. The summed E-state index contributed by atoms with van der Waals surface area (Å²) in [6, 6.07) is 8.08. The van der Waals surface area contributed by atoms with Gasteiger partial charge in [0.1, 0.15) is 0 Å². The standard InChI is InChI=1S/C17H26N4O/c1-19-8-10-20(11-9-19)16-4-2-15(3-5-16)17(22)21-7-6-14(12-18)13-21/h2-5,14H,6-13,18H2,1H3. The number of hydrogen-bond acceptors (Lipinski definition) is 4. The van der Waals surface area contributed by atoms with Crippen LogP contribution in [-0.2, 0) is 0 Å². The number of carbonyl (C=O) groups is 1. The summed E-state index contributed by atoms with van der Waals surface area (Å²) < 4.78 is 0. The van der Waals surface area contributed by atoms with Crippen molar-refractivity contribution in [3.63, 3.8) is 0 Å². The van der Waals surface area contributed by atoms with Gasteiger partial charge in [-0.15, -0.1) is 0 Å². The van der Waals surface area contributed by atoms with Gasteiger partial charge in [-0.2, -0.15) is 0 Å². The molecule has 1 unspecified atom stereocenters. The SMILES string of the molecule is CN1CCN(c2ccc(C(=O)N3CCC(CN)C3)cc2)CC1. The summed E-state index contributed by atoms with van der Waals surface area (Å²) in [4.78, 5) is 19.2. The number of nitrogens with two attached hydrogens (primary N) is 1. The van der Waals surface area contributed by atoms with Crippen LogP contribution in [0.3, 0.4) is 0 Å². The molecule has 1 atom stereocenters. The number of anilines is 1. The Morgan fingerprint density at radius 3 is 2.41 bits per heavy atom. The third kappa shape index (κ3) is 3.25. The molecule has 0 saturated carbocycles. The molecule has 120 valence electrons. The number of amides is 1. The highest BCUT2D eigenvalue weighted by Gasteiger charge is 2.26. The van der Waals surface area contributed by atoms with Gasteiger partial charge in [-0.05, 0) is 50.2 Å². The highest BCUT2D eigenvalue weighted by atomic mass is 16.2. The van der Waals surface area contributed by atoms with E-state index in [4.69, 9.17) is 5.73 Å². The lowest BCUT2D eigenvalue weighted by atomic mass is 10.1. The van der Waals surface area contributed by atoms with E-state index >= 15 is 0 Å². The first-order valence-corrected chi connectivity index (χ1v) is 8.20. The maximum atomic E-state index is 12.5. The topological polar surface area (TPSA) is 52.8 Å². The number of likely N-dealkylation sites (N-methyl/N-ethyl adjacent to an activating group) is 1. The van der Waals surface area contributed by atoms with Crippen molar-refractivity contribution in [1.29, 1.82) is 0 Å². The average molecular weight is 302 g/mol. The minimum absolute atomic E-state index is 0.140. The van der Waals surface area contributed by atoms with Gasteiger partial charge in [-0.1, -0.05) is 0 Å². The second-order valence-electron chi connectivity index (χ2n) is 6.48. The molecule has 2 aliphatic rings. The van der Waals surface area contributed by atoms with E-state index in [1.165, 1.54) is 5.69 Å². The van der Waals surface area contributed by atoms with Crippen molar-refractivity contribution in [1.82, 2.24) is 9.80 Å². The summed E-state index contributed by atoms with van der Waals surface area (Å²) in [5.74, 6) is 0.606. The number of piperazine rings is 1. The predicted octanol–water partition coefficient (Wildman–Crippen LogP) is 0.859. The van der Waals surface area contributed by atoms with Crippen LogP contribution in [0.4, 0.5) is 5.69 Å². The number of carbonyl (C=O) groups excluding carboxylic acids is 1. The van der Waals surface area contributed by atoms with Gasteiger partial charge < -0.3 is 20.4 Å². The van der Waals surface area contributed by atoms with Crippen molar-refractivity contribution >= 4 is 11.6 Å². The molecular formula is C17H26N4O. The molecule has 2 heterocycles. The molecule has 0 radical (unpaired) electrons. The molecular weight excluding hydrogens is 276 g/mol. The lowest BCUT2D eigenvalue weighted by molar-refractivity contribution is 0.0787. The van der Waals surface area contributed by atoms with Crippen molar-refractivity contribution in [2.45, 2.75) is 6.42 Å². The Labute approximate surface area is 132 Å². The Morgan fingerprint density at radius 2 is 1.82 bits per heavy atom. The van der Waals surface area contributed by atoms with E-state index in [2.05, 4.69) is 29.0 Å². The van der Waals surface area contributed by atoms with Crippen LogP contribution < -0.4 is 10.6 Å². The van der Waals surface area contributed by atoms with E-state index in [1.807, 2.05) is 17.0 Å². The van der Waals surface area contributed by atoms with Crippen LogP contribution in [0.25, 0.3) is 0 Å². The molecule has 2 aliphatic heterocycles. The molecule has 1 amide bonds. The molecule has 2 saturated heterocycles. The normalized spacial score (nSPS) is 23.1. The molecule has 22 heavy (non-hydrogen) atoms. The Balaban J connectivity index is 1.63. The molecule has 3 rings (SSSR count). The van der Waals surface area contributed by atoms with Crippen LogP contribution in [0.5, 0.6) is 0 Å². The Hall–Kier alpha value is -1.59. The first-order chi connectivity index (χ1) is 10.7. The van der Waals surface area contributed by atoms with Crippen molar-refractivity contribution in [2.24, 2.45) is 11.7 Å². The second-order valence-corrected chi connectivity index (χ2v) is 6.48. The van der Waals surface area contributed by atoms with Crippen LogP contribution in [0.1, 0.15) is 16.8 Å². The molecule has 0 bridgehead atoms. The summed E-state index contributed by atoms with van der Waals surface area (Å²) in [6.45, 7) is 6.59. The van der Waals surface area contributed by atoms with Gasteiger partial charge >= 0.3 is 0 Å². The lowest BCUT2D eigenvalue weighted by Crippen LogP contribution is -2.44. The van der Waals surface area contributed by atoms with E-state index in [0.717, 1.165) is 51.3 Å². The lowest BCUT2D eigenvalue weighted by Gasteiger charge is -2.34. The maximum absolute atomic E-state index is 12.5. The van der Waals surface area contributed by atoms with Gasteiger partial charge in [-0.3, -0.25) is 4.79 Å². The smallest absolute Gasteiger partial charge is 0.253 e. The average Bonchev–Trinajstić information content (AvgIpc) is 3.04. The maximum Gasteiger partial charge on any atom is 0.253 e.